The highest BCUT2D eigenvalue weighted by Gasteiger charge is 2.26. The standard InChI is InChI=1S/C30H32FN3O4/c1-37-23-11-12-26(29(18-23)38-2)28(35)19-33-15-13-22(14-16-33)34-30(36)25-6-4-3-5-24(25)27(32-34)17-20-7-9-21(31)10-8-20/h3-12,18,22,28,35H,13-17,19H2,1-2H3. The van der Waals surface area contributed by atoms with Crippen LogP contribution in [0, 0.1) is 5.82 Å². The van der Waals surface area contributed by atoms with Crippen LogP contribution in [0.1, 0.15) is 41.8 Å². The molecule has 1 atom stereocenters. The van der Waals surface area contributed by atoms with Gasteiger partial charge < -0.3 is 19.5 Å². The summed E-state index contributed by atoms with van der Waals surface area (Å²) in [6.07, 6.45) is 1.29. The van der Waals surface area contributed by atoms with Crippen LogP contribution in [-0.2, 0) is 6.42 Å². The molecular formula is C30H32FN3O4. The van der Waals surface area contributed by atoms with Gasteiger partial charge in [-0.3, -0.25) is 4.79 Å². The highest BCUT2D eigenvalue weighted by atomic mass is 19.1. The summed E-state index contributed by atoms with van der Waals surface area (Å²) in [5.74, 6) is 0.983. The first kappa shape index (κ1) is 25.9. The third-order valence-electron chi connectivity index (χ3n) is 7.32. The van der Waals surface area contributed by atoms with Gasteiger partial charge in [-0.15, -0.1) is 0 Å². The smallest absolute Gasteiger partial charge is 0.274 e. The maximum atomic E-state index is 13.4. The number of β-amino-alcohol motifs (C(OH)–C–C–N with tert-alkyl or cyclic N) is 1. The predicted molar refractivity (Wildman–Crippen MR) is 144 cm³/mol. The molecule has 0 bridgehead atoms. The summed E-state index contributed by atoms with van der Waals surface area (Å²) in [6, 6.07) is 19.3. The van der Waals surface area contributed by atoms with Gasteiger partial charge in [0.2, 0.25) is 0 Å². The molecule has 1 saturated heterocycles. The maximum Gasteiger partial charge on any atom is 0.274 e. The van der Waals surface area contributed by atoms with E-state index in [4.69, 9.17) is 14.6 Å². The first-order valence-electron chi connectivity index (χ1n) is 12.8. The van der Waals surface area contributed by atoms with Crippen molar-refractivity contribution in [2.24, 2.45) is 0 Å². The normalized spacial score (nSPS) is 15.5. The molecule has 0 aliphatic carbocycles. The Balaban J connectivity index is 1.33. The molecule has 1 unspecified atom stereocenters. The third kappa shape index (κ3) is 5.42. The molecule has 0 spiro atoms. The summed E-state index contributed by atoms with van der Waals surface area (Å²) in [4.78, 5) is 15.6. The van der Waals surface area contributed by atoms with Crippen LogP contribution in [0.4, 0.5) is 4.39 Å². The fraction of sp³-hybridized carbons (Fsp3) is 0.333. The van der Waals surface area contributed by atoms with Gasteiger partial charge in [0, 0.05) is 43.1 Å². The second-order valence-corrected chi connectivity index (χ2v) is 9.70. The van der Waals surface area contributed by atoms with Crippen molar-refractivity contribution in [3.63, 3.8) is 0 Å². The van der Waals surface area contributed by atoms with Crippen molar-refractivity contribution in [1.29, 1.82) is 0 Å². The van der Waals surface area contributed by atoms with E-state index in [1.165, 1.54) is 12.1 Å². The van der Waals surface area contributed by atoms with E-state index in [0.717, 1.165) is 42.6 Å². The van der Waals surface area contributed by atoms with Gasteiger partial charge in [-0.05, 0) is 48.7 Å². The number of nitrogens with zero attached hydrogens (tertiary/aromatic N) is 3. The molecule has 1 aliphatic heterocycles. The molecular weight excluding hydrogens is 485 g/mol. The highest BCUT2D eigenvalue weighted by Crippen LogP contribution is 2.31. The number of ether oxygens (including phenoxy) is 2. The Labute approximate surface area is 221 Å². The number of aliphatic hydroxyl groups excluding tert-OH is 1. The van der Waals surface area contributed by atoms with Gasteiger partial charge in [0.1, 0.15) is 17.3 Å². The molecule has 3 aromatic carbocycles. The summed E-state index contributed by atoms with van der Waals surface area (Å²) in [7, 11) is 3.17. The maximum absolute atomic E-state index is 13.4. The van der Waals surface area contributed by atoms with Crippen LogP contribution < -0.4 is 15.0 Å². The predicted octanol–water partition coefficient (Wildman–Crippen LogP) is 4.51. The van der Waals surface area contributed by atoms with E-state index in [-0.39, 0.29) is 17.4 Å². The Kier molecular flexibility index (Phi) is 7.72. The van der Waals surface area contributed by atoms with Gasteiger partial charge in [0.05, 0.1) is 37.4 Å². The van der Waals surface area contributed by atoms with Crippen LogP contribution in [0.5, 0.6) is 11.5 Å². The molecule has 5 rings (SSSR count). The molecule has 4 aromatic rings. The van der Waals surface area contributed by atoms with Crippen molar-refractivity contribution in [3.8, 4) is 11.5 Å². The first-order chi connectivity index (χ1) is 18.5. The van der Waals surface area contributed by atoms with Gasteiger partial charge >= 0.3 is 0 Å². The summed E-state index contributed by atoms with van der Waals surface area (Å²) in [5.41, 5.74) is 2.36. The fourth-order valence-corrected chi connectivity index (χ4v) is 5.23. The summed E-state index contributed by atoms with van der Waals surface area (Å²) >= 11 is 0. The minimum Gasteiger partial charge on any atom is -0.497 e. The van der Waals surface area contributed by atoms with Crippen LogP contribution in [0.3, 0.4) is 0 Å². The average molecular weight is 518 g/mol. The van der Waals surface area contributed by atoms with Crippen molar-refractivity contribution in [1.82, 2.24) is 14.7 Å². The molecule has 198 valence electrons. The van der Waals surface area contributed by atoms with E-state index in [0.29, 0.717) is 35.4 Å². The lowest BCUT2D eigenvalue weighted by atomic mass is 10.0. The lowest BCUT2D eigenvalue weighted by molar-refractivity contribution is 0.0866. The van der Waals surface area contributed by atoms with E-state index >= 15 is 0 Å². The number of hydrogen-bond donors (Lipinski definition) is 1. The number of methoxy groups -OCH3 is 2. The first-order valence-corrected chi connectivity index (χ1v) is 12.8. The Morgan fingerprint density at radius 3 is 2.39 bits per heavy atom. The Morgan fingerprint density at radius 2 is 1.71 bits per heavy atom. The number of likely N-dealkylation sites (tertiary alicyclic amines) is 1. The van der Waals surface area contributed by atoms with Crippen molar-refractivity contribution in [3.05, 3.63) is 99.7 Å². The van der Waals surface area contributed by atoms with Gasteiger partial charge in [-0.25, -0.2) is 9.07 Å². The second kappa shape index (κ2) is 11.3. The number of piperidine rings is 1. The molecule has 0 radical (unpaired) electrons. The van der Waals surface area contributed by atoms with E-state index in [9.17, 15) is 14.3 Å². The lowest BCUT2D eigenvalue weighted by Gasteiger charge is -2.33. The second-order valence-electron chi connectivity index (χ2n) is 9.70. The molecule has 38 heavy (non-hydrogen) atoms. The van der Waals surface area contributed by atoms with Crippen molar-refractivity contribution >= 4 is 10.8 Å². The zero-order chi connectivity index (χ0) is 26.6. The number of benzene rings is 3. The van der Waals surface area contributed by atoms with Crippen molar-refractivity contribution < 1.29 is 19.0 Å². The zero-order valence-corrected chi connectivity index (χ0v) is 21.6. The quantitative estimate of drug-likeness (QED) is 0.371. The average Bonchev–Trinajstić information content (AvgIpc) is 2.95. The highest BCUT2D eigenvalue weighted by molar-refractivity contribution is 5.83. The molecule has 1 aromatic heterocycles. The van der Waals surface area contributed by atoms with Crippen LogP contribution >= 0.6 is 0 Å². The number of halogens is 1. The summed E-state index contributed by atoms with van der Waals surface area (Å²) in [5, 5.41) is 17.2. The summed E-state index contributed by atoms with van der Waals surface area (Å²) in [6.45, 7) is 1.92. The zero-order valence-electron chi connectivity index (χ0n) is 21.6. The molecule has 0 saturated carbocycles. The van der Waals surface area contributed by atoms with Crippen LogP contribution in [0.25, 0.3) is 10.8 Å². The topological polar surface area (TPSA) is 76.8 Å². The number of aromatic nitrogens is 2. The third-order valence-corrected chi connectivity index (χ3v) is 7.32. The number of fused-ring (bicyclic) bond motifs is 1. The number of rotatable bonds is 8. The van der Waals surface area contributed by atoms with Gasteiger partial charge in [0.15, 0.2) is 0 Å². The molecule has 1 aliphatic rings. The van der Waals surface area contributed by atoms with E-state index < -0.39 is 6.10 Å². The molecule has 7 nitrogen and oxygen atoms in total. The van der Waals surface area contributed by atoms with E-state index in [1.807, 2.05) is 36.4 Å². The van der Waals surface area contributed by atoms with Gasteiger partial charge in [-0.1, -0.05) is 30.3 Å². The lowest BCUT2D eigenvalue weighted by Crippen LogP contribution is -2.40. The van der Waals surface area contributed by atoms with Crippen LogP contribution in [0.2, 0.25) is 0 Å². The van der Waals surface area contributed by atoms with E-state index in [2.05, 4.69) is 4.90 Å². The molecule has 1 fully saturated rings. The Bertz CT molecular complexity index is 1460. The largest absolute Gasteiger partial charge is 0.497 e. The van der Waals surface area contributed by atoms with E-state index in [1.54, 1.807) is 37.1 Å². The minimum atomic E-state index is -0.712. The van der Waals surface area contributed by atoms with Crippen molar-refractivity contribution in [2.45, 2.75) is 31.4 Å². The summed E-state index contributed by atoms with van der Waals surface area (Å²) < 4.78 is 25.8. The van der Waals surface area contributed by atoms with Gasteiger partial charge in [-0.2, -0.15) is 5.10 Å². The van der Waals surface area contributed by atoms with Crippen LogP contribution in [0.15, 0.2) is 71.5 Å². The van der Waals surface area contributed by atoms with Crippen LogP contribution in [-0.4, -0.2) is 53.6 Å². The SMILES string of the molecule is COc1ccc(C(O)CN2CCC(n3nc(Cc4ccc(F)cc4)c4ccccc4c3=O)CC2)c(OC)c1. The fourth-order valence-electron chi connectivity index (χ4n) is 5.23. The number of hydrogen-bond acceptors (Lipinski definition) is 6. The molecule has 8 heteroatoms. The van der Waals surface area contributed by atoms with Gasteiger partial charge in [0.25, 0.3) is 5.56 Å². The van der Waals surface area contributed by atoms with Crippen molar-refractivity contribution in [2.75, 3.05) is 33.9 Å². The molecule has 1 N–H and O–H groups in total. The molecule has 2 heterocycles. The minimum absolute atomic E-state index is 0.0389. The molecule has 0 amide bonds. The Hall–Kier alpha value is -3.75. The number of aliphatic hydroxyl groups is 1. The monoisotopic (exact) mass is 517 g/mol. The Morgan fingerprint density at radius 1 is 1.00 bits per heavy atom.